The van der Waals surface area contributed by atoms with E-state index in [-0.39, 0.29) is 17.4 Å². The third-order valence-corrected chi connectivity index (χ3v) is 5.59. The van der Waals surface area contributed by atoms with Crippen LogP contribution in [0.3, 0.4) is 0 Å². The Bertz CT molecular complexity index is 1000. The van der Waals surface area contributed by atoms with Gasteiger partial charge in [-0.25, -0.2) is 4.68 Å². The van der Waals surface area contributed by atoms with Gasteiger partial charge in [0.15, 0.2) is 8.29 Å². The first-order chi connectivity index (χ1) is 13.3. The van der Waals surface area contributed by atoms with E-state index in [0.29, 0.717) is 14.0 Å². The summed E-state index contributed by atoms with van der Waals surface area (Å²) in [6.45, 7) is 0. The van der Waals surface area contributed by atoms with E-state index in [1.807, 2.05) is 30.3 Å². The fourth-order valence-corrected chi connectivity index (χ4v) is 4.28. The van der Waals surface area contributed by atoms with Crippen LogP contribution in [-0.2, 0) is 4.79 Å². The van der Waals surface area contributed by atoms with Crippen molar-refractivity contribution in [1.29, 1.82) is 0 Å². The van der Waals surface area contributed by atoms with Crippen LogP contribution in [0.5, 0.6) is 5.75 Å². The lowest BCUT2D eigenvalue weighted by Crippen LogP contribution is -2.17. The Morgan fingerprint density at radius 3 is 2.50 bits per heavy atom. The second kappa shape index (κ2) is 8.76. The highest BCUT2D eigenvalue weighted by molar-refractivity contribution is 8.01. The SMILES string of the molecule is O=C(CSc1nn(-c2ccccc2)c(=S)s1)Nc1ccc(OC(F)(F)F)cc1. The third-order valence-electron chi connectivity index (χ3n) is 3.23. The largest absolute Gasteiger partial charge is 0.573 e. The van der Waals surface area contributed by atoms with Crippen molar-refractivity contribution < 1.29 is 22.7 Å². The summed E-state index contributed by atoms with van der Waals surface area (Å²) in [4.78, 5) is 12.1. The molecule has 0 radical (unpaired) electrons. The van der Waals surface area contributed by atoms with Crippen LogP contribution in [-0.4, -0.2) is 27.8 Å². The fraction of sp³-hybridized carbons (Fsp3) is 0.118. The molecule has 146 valence electrons. The summed E-state index contributed by atoms with van der Waals surface area (Å²) in [5.41, 5.74) is 1.20. The maximum atomic E-state index is 12.1. The molecule has 3 aromatic rings. The minimum atomic E-state index is -4.75. The second-order valence-corrected chi connectivity index (χ2v) is 8.14. The zero-order valence-corrected chi connectivity index (χ0v) is 16.4. The third kappa shape index (κ3) is 5.81. The number of hydrogen-bond acceptors (Lipinski definition) is 6. The van der Waals surface area contributed by atoms with Gasteiger partial charge in [-0.15, -0.1) is 18.3 Å². The standard InChI is InChI=1S/C17H12F3N3O2S3/c18-17(19,20)25-13-8-6-11(7-9-13)21-14(24)10-27-15-22-23(16(26)28-15)12-4-2-1-3-5-12/h1-9H,10H2,(H,21,24). The molecule has 0 aliphatic carbocycles. The highest BCUT2D eigenvalue weighted by Gasteiger charge is 2.30. The van der Waals surface area contributed by atoms with Gasteiger partial charge in [0.05, 0.1) is 11.4 Å². The van der Waals surface area contributed by atoms with Crippen molar-refractivity contribution in [3.8, 4) is 11.4 Å². The summed E-state index contributed by atoms with van der Waals surface area (Å²) in [5, 5.41) is 7.00. The molecule has 0 saturated carbocycles. The second-order valence-electron chi connectivity index (χ2n) is 5.29. The Hall–Kier alpha value is -2.37. The monoisotopic (exact) mass is 443 g/mol. The van der Waals surface area contributed by atoms with Crippen molar-refractivity contribution >= 4 is 46.9 Å². The van der Waals surface area contributed by atoms with Crippen LogP contribution in [0, 0.1) is 3.95 Å². The normalized spacial score (nSPS) is 11.2. The minimum Gasteiger partial charge on any atom is -0.406 e. The number of aromatic nitrogens is 2. The maximum Gasteiger partial charge on any atom is 0.573 e. The van der Waals surface area contributed by atoms with Crippen molar-refractivity contribution in [2.24, 2.45) is 0 Å². The number of thioether (sulfide) groups is 1. The lowest BCUT2D eigenvalue weighted by atomic mass is 10.3. The van der Waals surface area contributed by atoms with Crippen LogP contribution < -0.4 is 10.1 Å². The Morgan fingerprint density at radius 2 is 1.86 bits per heavy atom. The van der Waals surface area contributed by atoms with Crippen LogP contribution in [0.4, 0.5) is 18.9 Å². The number of alkyl halides is 3. The molecule has 0 atom stereocenters. The molecule has 1 heterocycles. The molecule has 1 amide bonds. The average molecular weight is 443 g/mol. The number of carbonyl (C=O) groups is 1. The van der Waals surface area contributed by atoms with Crippen LogP contribution in [0.15, 0.2) is 58.9 Å². The molecular weight excluding hydrogens is 431 g/mol. The number of amides is 1. The highest BCUT2D eigenvalue weighted by atomic mass is 32.2. The number of rotatable bonds is 6. The molecule has 5 nitrogen and oxygen atoms in total. The van der Waals surface area contributed by atoms with Gasteiger partial charge in [-0.2, -0.15) is 0 Å². The number of halogens is 3. The quantitative estimate of drug-likeness (QED) is 0.414. The Kier molecular flexibility index (Phi) is 6.37. The van der Waals surface area contributed by atoms with Gasteiger partial charge in [-0.05, 0) is 48.6 Å². The van der Waals surface area contributed by atoms with Gasteiger partial charge < -0.3 is 10.1 Å². The van der Waals surface area contributed by atoms with Gasteiger partial charge in [0.2, 0.25) is 5.91 Å². The van der Waals surface area contributed by atoms with E-state index in [2.05, 4.69) is 15.2 Å². The average Bonchev–Trinajstić information content (AvgIpc) is 3.02. The highest BCUT2D eigenvalue weighted by Crippen LogP contribution is 2.26. The lowest BCUT2D eigenvalue weighted by Gasteiger charge is -2.09. The zero-order valence-electron chi connectivity index (χ0n) is 14.0. The van der Waals surface area contributed by atoms with E-state index < -0.39 is 6.36 Å². The first-order valence-electron chi connectivity index (χ1n) is 7.74. The molecule has 2 aromatic carbocycles. The first-order valence-corrected chi connectivity index (χ1v) is 9.95. The number of anilines is 1. The molecule has 0 fully saturated rings. The molecule has 0 saturated heterocycles. The molecule has 0 aliphatic heterocycles. The van der Waals surface area contributed by atoms with Crippen molar-refractivity contribution in [2.45, 2.75) is 10.7 Å². The van der Waals surface area contributed by atoms with Gasteiger partial charge in [0.25, 0.3) is 0 Å². The summed E-state index contributed by atoms with van der Waals surface area (Å²) in [5.74, 6) is -0.592. The van der Waals surface area contributed by atoms with Gasteiger partial charge in [-0.3, -0.25) is 4.79 Å². The Labute approximate surface area is 171 Å². The predicted octanol–water partition coefficient (Wildman–Crippen LogP) is 5.29. The topological polar surface area (TPSA) is 56.2 Å². The van der Waals surface area contributed by atoms with Crippen LogP contribution in [0.2, 0.25) is 0 Å². The first kappa shape index (κ1) is 20.4. The van der Waals surface area contributed by atoms with Gasteiger partial charge in [-0.1, -0.05) is 41.3 Å². The molecule has 1 N–H and O–H groups in total. The molecule has 0 unspecified atom stereocenters. The molecule has 1 aromatic heterocycles. The summed E-state index contributed by atoms with van der Waals surface area (Å²) in [6.07, 6.45) is -4.75. The van der Waals surface area contributed by atoms with Gasteiger partial charge >= 0.3 is 6.36 Å². The van der Waals surface area contributed by atoms with Crippen molar-refractivity contribution in [1.82, 2.24) is 9.78 Å². The van der Waals surface area contributed by atoms with Crippen molar-refractivity contribution in [3.63, 3.8) is 0 Å². The van der Waals surface area contributed by atoms with E-state index in [1.165, 1.54) is 35.2 Å². The van der Waals surface area contributed by atoms with Crippen molar-refractivity contribution in [2.75, 3.05) is 11.1 Å². The number of para-hydroxylation sites is 1. The predicted molar refractivity (Wildman–Crippen MR) is 105 cm³/mol. The number of hydrogen-bond donors (Lipinski definition) is 1. The van der Waals surface area contributed by atoms with E-state index in [4.69, 9.17) is 12.2 Å². The number of nitrogens with one attached hydrogen (secondary N) is 1. The minimum absolute atomic E-state index is 0.0812. The number of benzene rings is 2. The molecule has 11 heteroatoms. The van der Waals surface area contributed by atoms with E-state index in [1.54, 1.807) is 4.68 Å². The summed E-state index contributed by atoms with van der Waals surface area (Å²) in [6, 6.07) is 14.3. The fourth-order valence-electron chi connectivity index (χ4n) is 2.12. The Balaban J connectivity index is 1.56. The smallest absolute Gasteiger partial charge is 0.406 e. The summed E-state index contributed by atoms with van der Waals surface area (Å²) < 4.78 is 43.0. The molecule has 0 spiro atoms. The van der Waals surface area contributed by atoms with Crippen LogP contribution >= 0.6 is 35.3 Å². The molecule has 0 aliphatic rings. The van der Waals surface area contributed by atoms with E-state index >= 15 is 0 Å². The zero-order chi connectivity index (χ0) is 20.1. The number of nitrogens with zero attached hydrogens (tertiary/aromatic N) is 2. The van der Waals surface area contributed by atoms with E-state index in [0.717, 1.165) is 17.8 Å². The summed E-state index contributed by atoms with van der Waals surface area (Å²) in [7, 11) is 0. The van der Waals surface area contributed by atoms with Crippen LogP contribution in [0.1, 0.15) is 0 Å². The number of carbonyl (C=O) groups excluding carboxylic acids is 1. The maximum absolute atomic E-state index is 12.1. The van der Waals surface area contributed by atoms with Crippen molar-refractivity contribution in [3.05, 3.63) is 58.6 Å². The van der Waals surface area contributed by atoms with Gasteiger partial charge in [0, 0.05) is 5.69 Å². The number of ether oxygens (including phenoxy) is 1. The van der Waals surface area contributed by atoms with Crippen LogP contribution in [0.25, 0.3) is 5.69 Å². The molecule has 3 rings (SSSR count). The molecule has 0 bridgehead atoms. The van der Waals surface area contributed by atoms with E-state index in [9.17, 15) is 18.0 Å². The summed E-state index contributed by atoms with van der Waals surface area (Å²) >= 11 is 7.82. The molecule has 28 heavy (non-hydrogen) atoms. The van der Waals surface area contributed by atoms with Gasteiger partial charge in [0.1, 0.15) is 5.75 Å². The Morgan fingerprint density at radius 1 is 1.18 bits per heavy atom. The molecular formula is C17H12F3N3O2S3. The lowest BCUT2D eigenvalue weighted by molar-refractivity contribution is -0.274.